The molecule has 12 rings (SSSR count). The third-order valence-electron chi connectivity index (χ3n) is 12.7. The van der Waals surface area contributed by atoms with Crippen molar-refractivity contribution in [2.45, 2.75) is 27.0 Å². The summed E-state index contributed by atoms with van der Waals surface area (Å²) in [6.45, 7) is 2.33. The summed E-state index contributed by atoms with van der Waals surface area (Å²) in [5.74, 6) is 2.50. The van der Waals surface area contributed by atoms with Gasteiger partial charge in [-0.1, -0.05) is 138 Å². The Bertz CT molecular complexity index is 3030. The van der Waals surface area contributed by atoms with Gasteiger partial charge in [-0.3, -0.25) is 0 Å². The fourth-order valence-electron chi connectivity index (χ4n) is 10.5. The SMILES string of the molecule is [B]c1ccc(N2c3cc([B])cc4c3S3(CC)c5c2cc([B])cc5N(c2ccc([B])cc2)c2cc5c(c(c23)O4)-c2ccccc2C5(c2ccccc2)c2ccccc2)cc1. The normalized spacial score (nSPS) is 17.9. The van der Waals surface area contributed by atoms with Crippen molar-refractivity contribution in [3.05, 3.63) is 186 Å². The number of hydrogen-bond donors (Lipinski definition) is 0. The molecule has 0 N–H and O–H groups in total. The van der Waals surface area contributed by atoms with Crippen LogP contribution < -0.4 is 36.4 Å². The smallest absolute Gasteiger partial charge is 0.150 e. The van der Waals surface area contributed by atoms with Crippen molar-refractivity contribution in [2.75, 3.05) is 15.6 Å². The van der Waals surface area contributed by atoms with Gasteiger partial charge in [0.05, 0.1) is 38.0 Å². The highest BCUT2D eigenvalue weighted by Crippen LogP contribution is 2.86. The van der Waals surface area contributed by atoms with Crippen LogP contribution in [0.4, 0.5) is 34.1 Å². The lowest BCUT2D eigenvalue weighted by Crippen LogP contribution is -2.34. The molecule has 4 aliphatic rings. The van der Waals surface area contributed by atoms with E-state index in [0.717, 1.165) is 68.1 Å². The molecule has 1 atom stereocenters. The Hall–Kier alpha value is -6.23. The molecular weight excluding hydrogens is 732 g/mol. The first-order chi connectivity index (χ1) is 28.8. The van der Waals surface area contributed by atoms with Crippen molar-refractivity contribution in [1.82, 2.24) is 0 Å². The Morgan fingerprint density at radius 3 is 1.54 bits per heavy atom. The van der Waals surface area contributed by atoms with Crippen LogP contribution in [0.15, 0.2) is 178 Å². The highest BCUT2D eigenvalue weighted by molar-refractivity contribution is 8.34. The highest BCUT2D eigenvalue weighted by atomic mass is 32.3. The van der Waals surface area contributed by atoms with Crippen molar-refractivity contribution in [2.24, 2.45) is 0 Å². The maximum atomic E-state index is 7.58. The molecule has 0 bridgehead atoms. The van der Waals surface area contributed by atoms with Crippen LogP contribution in [-0.4, -0.2) is 37.1 Å². The number of rotatable bonds is 5. The van der Waals surface area contributed by atoms with Gasteiger partial charge < -0.3 is 14.5 Å². The Morgan fingerprint density at radius 1 is 0.492 bits per heavy atom. The summed E-state index contributed by atoms with van der Waals surface area (Å²) in [6.07, 6.45) is 0. The number of ether oxygens (including phenoxy) is 1. The summed E-state index contributed by atoms with van der Waals surface area (Å²) in [5.41, 5.74) is 15.1. The predicted molar refractivity (Wildman–Crippen MR) is 248 cm³/mol. The monoisotopic (exact) mass is 764 g/mol. The van der Waals surface area contributed by atoms with Gasteiger partial charge in [-0.2, -0.15) is 0 Å². The zero-order chi connectivity index (χ0) is 39.8. The van der Waals surface area contributed by atoms with Gasteiger partial charge in [-0.25, -0.2) is 0 Å². The summed E-state index contributed by atoms with van der Waals surface area (Å²) in [7, 11) is 24.6. The van der Waals surface area contributed by atoms with Gasteiger partial charge in [0.15, 0.2) is 0 Å². The van der Waals surface area contributed by atoms with E-state index in [9.17, 15) is 0 Å². The first kappa shape index (κ1) is 34.8. The molecule has 59 heavy (non-hydrogen) atoms. The fourth-order valence-corrected chi connectivity index (χ4v) is 15.0. The van der Waals surface area contributed by atoms with Crippen molar-refractivity contribution < 1.29 is 4.74 Å². The van der Waals surface area contributed by atoms with Crippen LogP contribution >= 0.6 is 10.0 Å². The molecule has 1 aliphatic carbocycles. The molecule has 0 spiro atoms. The average Bonchev–Trinajstić information content (AvgIpc) is 3.56. The van der Waals surface area contributed by atoms with Gasteiger partial charge in [0, 0.05) is 21.8 Å². The fraction of sp³-hybridized carbons (Fsp3) is 0.0588. The van der Waals surface area contributed by atoms with E-state index in [1.54, 1.807) is 0 Å². The van der Waals surface area contributed by atoms with Gasteiger partial charge in [-0.15, -0.1) is 10.0 Å². The molecule has 3 aliphatic heterocycles. The summed E-state index contributed by atoms with van der Waals surface area (Å²) in [5, 5.41) is 0. The van der Waals surface area contributed by atoms with Crippen LogP contribution in [0.2, 0.25) is 0 Å². The maximum absolute atomic E-state index is 7.58. The van der Waals surface area contributed by atoms with Gasteiger partial charge in [0.1, 0.15) is 42.9 Å². The zero-order valence-corrected chi connectivity index (χ0v) is 33.1. The third kappa shape index (κ3) is 4.45. The van der Waals surface area contributed by atoms with Crippen LogP contribution in [0.5, 0.6) is 11.5 Å². The molecule has 3 nitrogen and oxygen atoms in total. The molecule has 0 saturated heterocycles. The number of anilines is 6. The summed E-state index contributed by atoms with van der Waals surface area (Å²) < 4.78 is 7.58. The van der Waals surface area contributed by atoms with E-state index in [2.05, 4.69) is 150 Å². The van der Waals surface area contributed by atoms with E-state index in [-0.39, 0.29) is 0 Å². The maximum Gasteiger partial charge on any atom is 0.150 e. The average molecular weight is 764 g/mol. The Kier molecular flexibility index (Phi) is 7.30. The van der Waals surface area contributed by atoms with Gasteiger partial charge in [0.2, 0.25) is 0 Å². The zero-order valence-electron chi connectivity index (χ0n) is 32.3. The second kappa shape index (κ2) is 12.4. The summed E-state index contributed by atoms with van der Waals surface area (Å²) >= 11 is 0. The second-order valence-corrected chi connectivity index (χ2v) is 19.0. The van der Waals surface area contributed by atoms with Gasteiger partial charge in [0.25, 0.3) is 0 Å². The molecule has 8 heteroatoms. The highest BCUT2D eigenvalue weighted by Gasteiger charge is 2.56. The standard InChI is InChI=1S/C51H32B4N2OS/c1-2-59-48-41-25-34(54)26-42(48)57(37-23-19-33(53)20-24-37)44-29-40-46(38-15-9-10-16-39(38)51(40,30-11-5-3-6-12-30)31-13-7-4-8-14-31)47(50(44)59)58-45-28-35(55)27-43(49(45)59)56(41)36-21-17-32(52)18-22-36/h3-29H,2H2,1H3. The molecule has 0 aromatic heterocycles. The molecular formula is C51H32B4N2OS. The van der Waals surface area contributed by atoms with Gasteiger partial charge in [-0.05, 0) is 88.2 Å². The third-order valence-corrected chi connectivity index (χ3v) is 16.9. The largest absolute Gasteiger partial charge is 0.454 e. The topological polar surface area (TPSA) is 15.7 Å². The first-order valence-corrected chi connectivity index (χ1v) is 21.7. The summed E-state index contributed by atoms with van der Waals surface area (Å²) in [6, 6.07) is 57.8. The van der Waals surface area contributed by atoms with E-state index < -0.39 is 15.4 Å². The molecule has 0 amide bonds. The first-order valence-electron chi connectivity index (χ1n) is 19.9. The van der Waals surface area contributed by atoms with E-state index in [4.69, 9.17) is 36.1 Å². The van der Waals surface area contributed by atoms with Crippen LogP contribution in [-0.2, 0) is 5.41 Å². The van der Waals surface area contributed by atoms with E-state index in [1.165, 1.54) is 31.4 Å². The Balaban J connectivity index is 1.30. The number of hydrogen-bond acceptors (Lipinski definition) is 3. The van der Waals surface area contributed by atoms with Crippen LogP contribution in [0.25, 0.3) is 11.1 Å². The van der Waals surface area contributed by atoms with E-state index in [1.807, 2.05) is 30.3 Å². The van der Waals surface area contributed by atoms with Crippen LogP contribution in [0, 0.1) is 0 Å². The molecule has 3 heterocycles. The second-order valence-electron chi connectivity index (χ2n) is 15.7. The lowest BCUT2D eigenvalue weighted by molar-refractivity contribution is 0.454. The molecule has 8 aromatic carbocycles. The van der Waals surface area contributed by atoms with Crippen molar-refractivity contribution in [3.63, 3.8) is 0 Å². The van der Waals surface area contributed by atoms with Crippen molar-refractivity contribution >= 4 is 97.4 Å². The lowest BCUT2D eigenvalue weighted by atomic mass is 9.67. The van der Waals surface area contributed by atoms with Crippen LogP contribution in [0.3, 0.4) is 0 Å². The van der Waals surface area contributed by atoms with Gasteiger partial charge >= 0.3 is 0 Å². The van der Waals surface area contributed by atoms with Crippen LogP contribution in [0.1, 0.15) is 29.2 Å². The van der Waals surface area contributed by atoms with Crippen molar-refractivity contribution in [1.29, 1.82) is 0 Å². The Morgan fingerprint density at radius 2 is 0.983 bits per heavy atom. The summed E-state index contributed by atoms with van der Waals surface area (Å²) in [4.78, 5) is 8.30. The van der Waals surface area contributed by atoms with Crippen molar-refractivity contribution in [3.8, 4) is 22.6 Å². The minimum Gasteiger partial charge on any atom is -0.454 e. The lowest BCUT2D eigenvalue weighted by Gasteiger charge is -2.57. The predicted octanol–water partition coefficient (Wildman–Crippen LogP) is 9.20. The Labute approximate surface area is 351 Å². The minimum absolute atomic E-state index is 0.622. The molecule has 0 saturated carbocycles. The van der Waals surface area contributed by atoms with E-state index >= 15 is 0 Å². The molecule has 8 aromatic rings. The number of benzene rings is 8. The number of nitrogens with zero attached hydrogens (tertiary/aromatic N) is 2. The number of fused-ring (bicyclic) bond motifs is 4. The quantitative estimate of drug-likeness (QED) is 0.163. The molecule has 1 unspecified atom stereocenters. The molecule has 8 radical (unpaired) electrons. The molecule has 0 fully saturated rings. The molecule has 270 valence electrons. The van der Waals surface area contributed by atoms with E-state index in [0.29, 0.717) is 21.9 Å². The minimum atomic E-state index is -2.05.